The average Bonchev–Trinajstić information content (AvgIpc) is 1.99. The Kier molecular flexibility index (Phi) is 4.63. The summed E-state index contributed by atoms with van der Waals surface area (Å²) in [4.78, 5) is 10.6. The first-order chi connectivity index (χ1) is 4.74. The molecular weight excluding hydrogens is 128 g/mol. The Balaban J connectivity index is 3.76. The van der Waals surface area contributed by atoms with Crippen LogP contribution in [0.15, 0.2) is 11.6 Å². The first-order valence-corrected chi connectivity index (χ1v) is 3.32. The number of hydrogen-bond donors (Lipinski definition) is 0. The fourth-order valence-corrected chi connectivity index (χ4v) is 0.600. The van der Waals surface area contributed by atoms with Crippen LogP contribution in [0.5, 0.6) is 0 Å². The molecule has 0 unspecified atom stereocenters. The van der Waals surface area contributed by atoms with E-state index in [2.05, 4.69) is 4.74 Å². The molecule has 10 heavy (non-hydrogen) atoms. The summed E-state index contributed by atoms with van der Waals surface area (Å²) in [6, 6.07) is 0. The van der Waals surface area contributed by atoms with Crippen LogP contribution in [0.4, 0.5) is 0 Å². The van der Waals surface area contributed by atoms with Gasteiger partial charge in [-0.2, -0.15) is 0 Å². The highest BCUT2D eigenvalue weighted by Gasteiger charge is 2.02. The molecule has 2 nitrogen and oxygen atoms in total. The van der Waals surface area contributed by atoms with Crippen molar-refractivity contribution in [2.75, 3.05) is 7.11 Å². The van der Waals surface area contributed by atoms with Crippen molar-refractivity contribution in [3.63, 3.8) is 0 Å². The molecule has 0 aromatic rings. The minimum absolute atomic E-state index is 0.282. The van der Waals surface area contributed by atoms with Gasteiger partial charge in [-0.15, -0.1) is 0 Å². The fraction of sp³-hybridized carbons (Fsp3) is 0.500. The first kappa shape index (κ1) is 9.21. The molecule has 57 valence electrons. The van der Waals surface area contributed by atoms with E-state index in [0.717, 1.165) is 12.0 Å². The van der Waals surface area contributed by atoms with Gasteiger partial charge < -0.3 is 4.74 Å². The van der Waals surface area contributed by atoms with Crippen LogP contribution in [0.1, 0.15) is 20.3 Å². The van der Waals surface area contributed by atoms with Crippen molar-refractivity contribution >= 4 is 5.97 Å². The molecule has 0 amide bonds. The quantitative estimate of drug-likeness (QED) is 0.559. The normalized spacial score (nSPS) is 11.3. The van der Waals surface area contributed by atoms with E-state index in [-0.39, 0.29) is 5.97 Å². The van der Waals surface area contributed by atoms with Crippen molar-refractivity contribution < 1.29 is 9.53 Å². The SMILES string of the molecule is C/C=C(/[CH]C(=O)OC)CC. The molecule has 1 radical (unpaired) electrons. The van der Waals surface area contributed by atoms with E-state index in [1.165, 1.54) is 13.5 Å². The second-order valence-corrected chi connectivity index (χ2v) is 1.88. The minimum atomic E-state index is -0.282. The number of carbonyl (C=O) groups is 1. The molecule has 0 aliphatic carbocycles. The Hall–Kier alpha value is -0.790. The van der Waals surface area contributed by atoms with Gasteiger partial charge in [-0.3, -0.25) is 4.79 Å². The van der Waals surface area contributed by atoms with Crippen LogP contribution in [-0.2, 0) is 9.53 Å². The van der Waals surface area contributed by atoms with Crippen LogP contribution in [-0.4, -0.2) is 13.1 Å². The third kappa shape index (κ3) is 3.28. The summed E-state index contributed by atoms with van der Waals surface area (Å²) in [6.07, 6.45) is 4.27. The van der Waals surface area contributed by atoms with Crippen LogP contribution in [0, 0.1) is 6.42 Å². The lowest BCUT2D eigenvalue weighted by Gasteiger charge is -1.99. The van der Waals surface area contributed by atoms with Crippen LogP contribution in [0.3, 0.4) is 0 Å². The van der Waals surface area contributed by atoms with Crippen LogP contribution in [0.25, 0.3) is 0 Å². The maximum Gasteiger partial charge on any atom is 0.314 e. The molecule has 0 atom stereocenters. The van der Waals surface area contributed by atoms with Gasteiger partial charge in [-0.05, 0) is 13.3 Å². The summed E-state index contributed by atoms with van der Waals surface area (Å²) in [5, 5.41) is 0. The van der Waals surface area contributed by atoms with Gasteiger partial charge in [0.25, 0.3) is 0 Å². The van der Waals surface area contributed by atoms with E-state index >= 15 is 0 Å². The molecule has 0 spiro atoms. The molecule has 0 aromatic carbocycles. The van der Waals surface area contributed by atoms with E-state index in [1.54, 1.807) is 0 Å². The lowest BCUT2D eigenvalue weighted by atomic mass is 10.1. The topological polar surface area (TPSA) is 26.3 Å². The zero-order valence-corrected chi connectivity index (χ0v) is 6.68. The molecule has 0 bridgehead atoms. The largest absolute Gasteiger partial charge is 0.469 e. The van der Waals surface area contributed by atoms with Gasteiger partial charge in [-0.1, -0.05) is 18.6 Å². The molecule has 0 aromatic heterocycles. The second-order valence-electron chi connectivity index (χ2n) is 1.88. The fourth-order valence-electron chi connectivity index (χ4n) is 0.600. The van der Waals surface area contributed by atoms with Crippen molar-refractivity contribution in [1.29, 1.82) is 0 Å². The predicted octanol–water partition coefficient (Wildman–Crippen LogP) is 1.72. The molecule has 0 fully saturated rings. The number of hydrogen-bond acceptors (Lipinski definition) is 2. The molecule has 0 rings (SSSR count). The van der Waals surface area contributed by atoms with E-state index in [9.17, 15) is 4.79 Å². The maximum absolute atomic E-state index is 10.6. The predicted molar refractivity (Wildman–Crippen MR) is 40.4 cm³/mol. The summed E-state index contributed by atoms with van der Waals surface area (Å²) < 4.78 is 4.45. The Labute approximate surface area is 61.9 Å². The van der Waals surface area contributed by atoms with Crippen molar-refractivity contribution in [1.82, 2.24) is 0 Å². The average molecular weight is 141 g/mol. The number of methoxy groups -OCH3 is 1. The van der Waals surface area contributed by atoms with Gasteiger partial charge in [-0.25, -0.2) is 0 Å². The summed E-state index contributed by atoms with van der Waals surface area (Å²) in [6.45, 7) is 3.90. The molecule has 0 saturated carbocycles. The summed E-state index contributed by atoms with van der Waals surface area (Å²) in [7, 11) is 1.38. The summed E-state index contributed by atoms with van der Waals surface area (Å²) in [5.74, 6) is -0.282. The Morgan fingerprint density at radius 1 is 1.60 bits per heavy atom. The highest BCUT2D eigenvalue weighted by molar-refractivity contribution is 5.82. The van der Waals surface area contributed by atoms with E-state index < -0.39 is 0 Å². The molecular formula is C8H13O2. The highest BCUT2D eigenvalue weighted by atomic mass is 16.5. The maximum atomic E-state index is 10.6. The molecule has 0 aliphatic heterocycles. The van der Waals surface area contributed by atoms with Crippen LogP contribution < -0.4 is 0 Å². The van der Waals surface area contributed by atoms with E-state index in [1.807, 2.05) is 19.9 Å². The second kappa shape index (κ2) is 5.03. The number of ether oxygens (including phenoxy) is 1. The highest BCUT2D eigenvalue weighted by Crippen LogP contribution is 2.04. The van der Waals surface area contributed by atoms with Gasteiger partial charge >= 0.3 is 5.97 Å². The van der Waals surface area contributed by atoms with Crippen molar-refractivity contribution in [2.24, 2.45) is 0 Å². The molecule has 0 aliphatic rings. The Morgan fingerprint density at radius 3 is 2.50 bits per heavy atom. The lowest BCUT2D eigenvalue weighted by molar-refractivity contribution is -0.136. The summed E-state index contributed by atoms with van der Waals surface area (Å²) >= 11 is 0. The molecule has 0 N–H and O–H groups in total. The van der Waals surface area contributed by atoms with Gasteiger partial charge in [0.05, 0.1) is 13.5 Å². The Morgan fingerprint density at radius 2 is 2.20 bits per heavy atom. The smallest absolute Gasteiger partial charge is 0.314 e. The third-order valence-electron chi connectivity index (χ3n) is 1.28. The standard InChI is InChI=1S/C8H13O2/c1-4-7(5-2)6-8(9)10-3/h4,6H,5H2,1-3H3/b7-4+. The van der Waals surface area contributed by atoms with E-state index in [4.69, 9.17) is 0 Å². The zero-order valence-electron chi connectivity index (χ0n) is 6.68. The number of esters is 1. The van der Waals surface area contributed by atoms with Gasteiger partial charge in [0.2, 0.25) is 0 Å². The lowest BCUT2D eigenvalue weighted by Crippen LogP contribution is -2.02. The van der Waals surface area contributed by atoms with Gasteiger partial charge in [0.1, 0.15) is 0 Å². The minimum Gasteiger partial charge on any atom is -0.469 e. The summed E-state index contributed by atoms with van der Waals surface area (Å²) in [5.41, 5.74) is 1.01. The first-order valence-electron chi connectivity index (χ1n) is 3.32. The monoisotopic (exact) mass is 141 g/mol. The van der Waals surface area contributed by atoms with E-state index in [0.29, 0.717) is 0 Å². The van der Waals surface area contributed by atoms with Crippen LogP contribution >= 0.6 is 0 Å². The number of allylic oxidation sites excluding steroid dienone is 1. The van der Waals surface area contributed by atoms with Crippen LogP contribution in [0.2, 0.25) is 0 Å². The van der Waals surface area contributed by atoms with Gasteiger partial charge in [0, 0.05) is 0 Å². The van der Waals surface area contributed by atoms with Crippen molar-refractivity contribution in [3.8, 4) is 0 Å². The van der Waals surface area contributed by atoms with Crippen molar-refractivity contribution in [3.05, 3.63) is 18.1 Å². The molecule has 0 saturated heterocycles. The number of carbonyl (C=O) groups excluding carboxylic acids is 1. The molecule has 2 heteroatoms. The Bertz CT molecular complexity index is 136. The molecule has 0 heterocycles. The van der Waals surface area contributed by atoms with Gasteiger partial charge in [0.15, 0.2) is 0 Å². The zero-order chi connectivity index (χ0) is 7.98. The van der Waals surface area contributed by atoms with Crippen molar-refractivity contribution in [2.45, 2.75) is 20.3 Å². The third-order valence-corrected chi connectivity index (χ3v) is 1.28. The number of rotatable bonds is 3.